The summed E-state index contributed by atoms with van der Waals surface area (Å²) in [7, 11) is 2.97. The molecular formula is C36H51NO11. The molecule has 48 heavy (non-hydrogen) atoms. The van der Waals surface area contributed by atoms with Crippen molar-refractivity contribution in [3.05, 3.63) is 23.8 Å². The van der Waals surface area contributed by atoms with Crippen molar-refractivity contribution in [2.45, 2.75) is 118 Å². The fraction of sp³-hybridized carbons (Fsp3) is 0.806. The zero-order valence-corrected chi connectivity index (χ0v) is 28.5. The van der Waals surface area contributed by atoms with Crippen LogP contribution in [0, 0.1) is 35.0 Å². The Labute approximate surface area is 280 Å². The van der Waals surface area contributed by atoms with E-state index in [1.807, 2.05) is 6.92 Å². The maximum atomic E-state index is 13.5. The average Bonchev–Trinajstić information content (AvgIpc) is 3.23. The van der Waals surface area contributed by atoms with Crippen molar-refractivity contribution in [2.24, 2.45) is 35.0 Å². The molecule has 15 atom stereocenters. The van der Waals surface area contributed by atoms with E-state index >= 15 is 0 Å². The highest BCUT2D eigenvalue weighted by molar-refractivity contribution is 5.90. The normalized spacial score (nSPS) is 53.6. The first-order chi connectivity index (χ1) is 22.5. The number of fused-ring (bicyclic) bond motifs is 5. The molecule has 0 radical (unpaired) electrons. The fourth-order valence-electron chi connectivity index (χ4n) is 12.7. The number of ether oxygens (including phenoxy) is 4. The van der Waals surface area contributed by atoms with Gasteiger partial charge in [0.25, 0.3) is 0 Å². The first kappa shape index (κ1) is 33.1. The zero-order valence-electron chi connectivity index (χ0n) is 28.5. The summed E-state index contributed by atoms with van der Waals surface area (Å²) < 4.78 is 23.5. The Kier molecular flexibility index (Phi) is 7.10. The molecule has 8 rings (SSSR count). The molecule has 3 saturated heterocycles. The monoisotopic (exact) mass is 673 g/mol. The van der Waals surface area contributed by atoms with Crippen LogP contribution in [0.4, 0.5) is 0 Å². The van der Waals surface area contributed by atoms with Gasteiger partial charge in [0, 0.05) is 54.6 Å². The predicted octanol–water partition coefficient (Wildman–Crippen LogP) is 1.21. The largest absolute Gasteiger partial charge is 0.493 e. The summed E-state index contributed by atoms with van der Waals surface area (Å²) in [5.74, 6) is -4.37. The van der Waals surface area contributed by atoms with Crippen LogP contribution < -0.4 is 9.47 Å². The molecule has 4 saturated carbocycles. The first-order valence-electron chi connectivity index (χ1n) is 17.7. The summed E-state index contributed by atoms with van der Waals surface area (Å²) in [6, 6.07) is 4.43. The number of hydrogen-bond donors (Lipinski definition) is 6. The first-order valence-corrected chi connectivity index (χ1v) is 17.7. The van der Waals surface area contributed by atoms with E-state index in [1.54, 1.807) is 19.1 Å². The average molecular weight is 674 g/mol. The number of piperidine rings is 2. The second-order valence-electron chi connectivity index (χ2n) is 16.7. The molecule has 0 unspecified atom stereocenters. The molecular weight excluding hydrogens is 622 g/mol. The number of rotatable bonds is 4. The number of methoxy groups -OCH3 is 2. The summed E-state index contributed by atoms with van der Waals surface area (Å²) in [5, 5.41) is 74.2. The number of aliphatic hydroxyl groups excluding tert-OH is 2. The van der Waals surface area contributed by atoms with Crippen molar-refractivity contribution in [3.8, 4) is 11.5 Å². The van der Waals surface area contributed by atoms with Gasteiger partial charge in [-0.1, -0.05) is 13.8 Å². The van der Waals surface area contributed by atoms with Crippen LogP contribution in [0.15, 0.2) is 18.2 Å². The molecule has 3 heterocycles. The second-order valence-corrected chi connectivity index (χ2v) is 16.7. The molecule has 4 bridgehead atoms. The molecule has 0 aromatic heterocycles. The lowest BCUT2D eigenvalue weighted by Crippen LogP contribution is -2.81. The minimum absolute atomic E-state index is 0.0953. The maximum Gasteiger partial charge on any atom is 0.338 e. The Balaban J connectivity index is 1.16. The number of esters is 1. The van der Waals surface area contributed by atoms with E-state index in [4.69, 9.17) is 18.9 Å². The van der Waals surface area contributed by atoms with E-state index in [0.717, 1.165) is 19.4 Å². The molecule has 7 aliphatic rings. The Morgan fingerprint density at radius 3 is 2.35 bits per heavy atom. The van der Waals surface area contributed by atoms with Gasteiger partial charge in [-0.25, -0.2) is 4.79 Å². The third-order valence-electron chi connectivity index (χ3n) is 14.8. The molecule has 6 N–H and O–H groups in total. The highest BCUT2D eigenvalue weighted by Gasteiger charge is 2.88. The summed E-state index contributed by atoms with van der Waals surface area (Å²) in [6.45, 7) is 6.93. The van der Waals surface area contributed by atoms with Crippen LogP contribution >= 0.6 is 0 Å². The van der Waals surface area contributed by atoms with Gasteiger partial charge in [0.05, 0.1) is 37.1 Å². The number of nitrogens with zero attached hydrogens (tertiary/aromatic N) is 1. The van der Waals surface area contributed by atoms with Crippen molar-refractivity contribution >= 4 is 5.97 Å². The number of benzene rings is 1. The van der Waals surface area contributed by atoms with Crippen molar-refractivity contribution in [3.63, 3.8) is 0 Å². The van der Waals surface area contributed by atoms with Gasteiger partial charge in [0.1, 0.15) is 17.3 Å². The van der Waals surface area contributed by atoms with Gasteiger partial charge in [0.2, 0.25) is 5.79 Å². The Bertz CT molecular complexity index is 1510. The van der Waals surface area contributed by atoms with E-state index < -0.39 is 81.6 Å². The lowest BCUT2D eigenvalue weighted by Gasteiger charge is -2.65. The van der Waals surface area contributed by atoms with Crippen molar-refractivity contribution in [1.82, 2.24) is 4.90 Å². The number of aliphatic hydroxyl groups is 6. The van der Waals surface area contributed by atoms with Gasteiger partial charge in [0.15, 0.2) is 17.6 Å². The van der Waals surface area contributed by atoms with Crippen LogP contribution in [0.1, 0.15) is 76.1 Å². The second kappa shape index (κ2) is 10.3. The highest BCUT2D eigenvalue weighted by atomic mass is 16.7. The van der Waals surface area contributed by atoms with Gasteiger partial charge in [-0.2, -0.15) is 0 Å². The van der Waals surface area contributed by atoms with E-state index in [-0.39, 0.29) is 24.4 Å². The molecule has 7 fully saturated rings. The molecule has 12 nitrogen and oxygen atoms in total. The van der Waals surface area contributed by atoms with Gasteiger partial charge in [-0.05, 0) is 69.6 Å². The highest BCUT2D eigenvalue weighted by Crippen LogP contribution is 2.78. The van der Waals surface area contributed by atoms with Crippen LogP contribution in [0.25, 0.3) is 0 Å². The molecule has 0 amide bonds. The summed E-state index contributed by atoms with van der Waals surface area (Å²) >= 11 is 0. The third kappa shape index (κ3) is 3.76. The smallest absolute Gasteiger partial charge is 0.338 e. The van der Waals surface area contributed by atoms with E-state index in [2.05, 4.69) is 11.8 Å². The molecule has 266 valence electrons. The van der Waals surface area contributed by atoms with E-state index in [1.165, 1.54) is 20.3 Å². The molecule has 12 heteroatoms. The Hall–Kier alpha value is -2.03. The van der Waals surface area contributed by atoms with Crippen molar-refractivity contribution in [1.29, 1.82) is 0 Å². The lowest BCUT2D eigenvalue weighted by atomic mass is 9.49. The Morgan fingerprint density at radius 2 is 1.65 bits per heavy atom. The Morgan fingerprint density at radius 1 is 0.938 bits per heavy atom. The minimum atomic E-state index is -2.18. The minimum Gasteiger partial charge on any atom is -0.493 e. The summed E-state index contributed by atoms with van der Waals surface area (Å²) in [5.41, 5.74) is -7.40. The summed E-state index contributed by atoms with van der Waals surface area (Å²) in [4.78, 5) is 15.7. The molecule has 1 aromatic rings. The van der Waals surface area contributed by atoms with Gasteiger partial charge in [-0.15, -0.1) is 0 Å². The third-order valence-corrected chi connectivity index (χ3v) is 14.8. The van der Waals surface area contributed by atoms with Gasteiger partial charge >= 0.3 is 5.97 Å². The van der Waals surface area contributed by atoms with E-state index in [0.29, 0.717) is 43.2 Å². The van der Waals surface area contributed by atoms with Crippen LogP contribution in [0.3, 0.4) is 0 Å². The van der Waals surface area contributed by atoms with Crippen molar-refractivity contribution in [2.75, 3.05) is 27.3 Å². The van der Waals surface area contributed by atoms with Crippen LogP contribution in [0.5, 0.6) is 11.5 Å². The molecule has 1 aromatic carbocycles. The maximum absolute atomic E-state index is 13.5. The number of carbonyl (C=O) groups excluding carboxylic acids is 1. The lowest BCUT2D eigenvalue weighted by molar-refractivity contribution is -0.327. The predicted molar refractivity (Wildman–Crippen MR) is 169 cm³/mol. The standard InChI is InChI=1S/C36H51NO11/c1-18-6-11-25-32(3,41)27-20(16-37(25)15-18)33(42)17-34-24(35(33,43)29(39)28(27)38)10-9-23-31(34,2)13-12-26(36(23,44)48-34)47-30(40)19-7-8-21(45-4)22(14-19)46-5/h7-8,14,18,20,23-29,38-39,41-44H,6,9-13,15-17H2,1-5H3/t18-,20+,23-,24+,25-,26-,27+,28+,29-,31-,32+,33-,34+,35-,36-/m0/s1. The molecule has 1 spiro atoms. The van der Waals surface area contributed by atoms with Gasteiger partial charge in [-0.3, -0.25) is 4.90 Å². The van der Waals surface area contributed by atoms with Crippen LogP contribution in [-0.2, 0) is 9.47 Å². The molecule has 3 aliphatic heterocycles. The molecule has 4 aliphatic carbocycles. The zero-order chi connectivity index (χ0) is 34.4. The van der Waals surface area contributed by atoms with E-state index in [9.17, 15) is 35.4 Å². The quantitative estimate of drug-likeness (QED) is 0.252. The topological polar surface area (TPSA) is 179 Å². The number of hydrogen-bond acceptors (Lipinski definition) is 12. The van der Waals surface area contributed by atoms with Crippen LogP contribution in [-0.4, -0.2) is 121 Å². The fourth-order valence-corrected chi connectivity index (χ4v) is 12.7. The van der Waals surface area contributed by atoms with Crippen LogP contribution in [0.2, 0.25) is 0 Å². The van der Waals surface area contributed by atoms with Crippen molar-refractivity contribution < 1.29 is 54.4 Å². The number of carbonyl (C=O) groups is 1. The summed E-state index contributed by atoms with van der Waals surface area (Å²) in [6.07, 6.45) is -1.25. The van der Waals surface area contributed by atoms with Gasteiger partial charge < -0.3 is 49.6 Å². The SMILES string of the molecule is COc1ccc(C(=O)O[C@H]2CC[C@@]3(C)[C@@H]4CC[C@H]5[C@]6(O)[C@@H](O)[C@H](O)[C@H]7[C@@H](CN8C[C@@H](C)CC[C@H]8[C@@]7(C)O)[C@@]6(O)C[C@@]53O[C@]24O)cc1OC.